The molecule has 4 heterocycles. The highest BCUT2D eigenvalue weighted by molar-refractivity contribution is 6.72. The van der Waals surface area contributed by atoms with E-state index in [1.165, 1.54) is 5.57 Å². The van der Waals surface area contributed by atoms with Gasteiger partial charge in [-0.2, -0.15) is 0 Å². The van der Waals surface area contributed by atoms with Crippen molar-refractivity contribution in [3.63, 3.8) is 0 Å². The molecule has 0 aromatic heterocycles. The van der Waals surface area contributed by atoms with Crippen LogP contribution in [0.2, 0.25) is 18.6 Å². The molecule has 0 saturated carbocycles. The highest BCUT2D eigenvalue weighted by Crippen LogP contribution is 2.61. The molecule has 4 aliphatic heterocycles. The second kappa shape index (κ2) is 14.1. The number of amides is 3. The quantitative estimate of drug-likeness (QED) is 0.164. The Morgan fingerprint density at radius 1 is 1.10 bits per heavy atom. The molecule has 5 atom stereocenters. The average molecular weight is 704 g/mol. The molecule has 2 fully saturated rings. The van der Waals surface area contributed by atoms with Gasteiger partial charge in [0, 0.05) is 35.8 Å². The van der Waals surface area contributed by atoms with Gasteiger partial charge < -0.3 is 28.5 Å². The van der Waals surface area contributed by atoms with Gasteiger partial charge in [0.25, 0.3) is 11.8 Å². The number of likely N-dealkylation sites (tertiary alicyclic amines) is 1. The third-order valence-electron chi connectivity index (χ3n) is 10.9. The van der Waals surface area contributed by atoms with Gasteiger partial charge in [0.2, 0.25) is 14.3 Å². The van der Waals surface area contributed by atoms with Gasteiger partial charge in [-0.15, -0.1) is 0 Å². The predicted molar refractivity (Wildman–Crippen MR) is 195 cm³/mol. The molecule has 4 aliphatic rings. The van der Waals surface area contributed by atoms with Crippen LogP contribution in [0.15, 0.2) is 65.8 Å². The lowest BCUT2D eigenvalue weighted by Crippen LogP contribution is -2.45. The third kappa shape index (κ3) is 6.44. The molecule has 50 heavy (non-hydrogen) atoms. The van der Waals surface area contributed by atoms with E-state index in [1.54, 1.807) is 27.8 Å². The minimum absolute atomic E-state index is 0.0748. The molecule has 11 heteroatoms. The van der Waals surface area contributed by atoms with Crippen LogP contribution in [0.25, 0.3) is 0 Å². The fourth-order valence-corrected chi connectivity index (χ4v) is 11.0. The zero-order chi connectivity index (χ0) is 36.0. The summed E-state index contributed by atoms with van der Waals surface area (Å²) >= 11 is 0. The van der Waals surface area contributed by atoms with E-state index in [-0.39, 0.29) is 43.4 Å². The van der Waals surface area contributed by atoms with E-state index in [4.69, 9.17) is 9.47 Å². The van der Waals surface area contributed by atoms with Crippen molar-refractivity contribution in [2.24, 2.45) is 5.92 Å². The second-order valence-corrected chi connectivity index (χ2v) is 18.8. The summed E-state index contributed by atoms with van der Waals surface area (Å²) in [5, 5.41) is 9.91. The maximum absolute atomic E-state index is 16.5. The Kier molecular flexibility index (Phi) is 10.1. The molecule has 0 bridgehead atoms. The van der Waals surface area contributed by atoms with Gasteiger partial charge in [0.15, 0.2) is 12.2 Å². The molecule has 0 aliphatic carbocycles. The Hall–Kier alpha value is -3.80. The number of aliphatic hydroxyl groups is 1. The van der Waals surface area contributed by atoms with E-state index in [9.17, 15) is 19.5 Å². The number of carbonyl (C=O) groups is 3. The first-order valence-corrected chi connectivity index (χ1v) is 20.8. The van der Waals surface area contributed by atoms with Crippen LogP contribution >= 0.6 is 0 Å². The van der Waals surface area contributed by atoms with E-state index in [1.807, 2.05) is 49.4 Å². The number of hydrogen-bond acceptors (Lipinski definition) is 6. The van der Waals surface area contributed by atoms with Gasteiger partial charge in [0.05, 0.1) is 36.5 Å². The molecule has 0 radical (unpaired) electrons. The summed E-state index contributed by atoms with van der Waals surface area (Å²) in [6.07, 6.45) is 6.61. The van der Waals surface area contributed by atoms with Crippen molar-refractivity contribution in [3.05, 3.63) is 71.3 Å². The number of para-hydroxylation sites is 2. The summed E-state index contributed by atoms with van der Waals surface area (Å²) in [7, 11) is -3.53. The number of hydrogen-bond donors (Lipinski definition) is 1. The number of anilines is 3. The van der Waals surface area contributed by atoms with Gasteiger partial charge in [-0.05, 0) is 89.9 Å². The van der Waals surface area contributed by atoms with E-state index >= 15 is 4.11 Å². The standard InChI is InChI=1S/C39H50FN3O6Si/c1-25(2)11-9-12-26(3)18-20-42-31-17-16-28(43-32-14-7-8-15-33(32)48-24-36(43)46)21-30(31)39(38(42)47)27(4)37(50(5,6)40)34(49-39)22-35(45)41-19-10-13-29(41)23-44/h7-8,11,14-18,21,27,29,34,37,44H,9-10,12-13,19-20,22-24H2,1-6H3/b26-18+/t27-,29-,34+,37-,39+/m0/s1. The van der Waals surface area contributed by atoms with E-state index in [2.05, 4.69) is 32.9 Å². The molecule has 2 aromatic carbocycles. The molecule has 3 amide bonds. The van der Waals surface area contributed by atoms with Crippen molar-refractivity contribution in [2.75, 3.05) is 36.1 Å². The zero-order valence-corrected chi connectivity index (χ0v) is 31.1. The van der Waals surface area contributed by atoms with E-state index < -0.39 is 31.6 Å². The summed E-state index contributed by atoms with van der Waals surface area (Å²) in [5.74, 6) is -0.753. The van der Waals surface area contributed by atoms with Crippen LogP contribution in [-0.2, 0) is 24.7 Å². The van der Waals surface area contributed by atoms with Crippen LogP contribution in [0.1, 0.15) is 65.4 Å². The average Bonchev–Trinajstić information content (AvgIpc) is 3.73. The number of ether oxygens (including phenoxy) is 2. The molecule has 6 rings (SSSR count). The normalized spacial score (nSPS) is 26.4. The lowest BCUT2D eigenvalue weighted by Gasteiger charge is -2.32. The smallest absolute Gasteiger partial charge is 0.269 e. The SMILES string of the molecule is CC(C)=CCC/C(C)=C/CN1C(=O)[C@]2(O[C@H](CC(=O)N3CCC[C@H]3CO)[C@@H]([Si](C)(C)F)[C@@H]2C)c2cc(N3C(=O)COc4ccccc43)ccc21. The van der Waals surface area contributed by atoms with Crippen LogP contribution in [-0.4, -0.2) is 74.6 Å². The maximum Gasteiger partial charge on any atom is 0.269 e. The van der Waals surface area contributed by atoms with E-state index in [0.717, 1.165) is 31.3 Å². The number of halogens is 1. The van der Waals surface area contributed by atoms with Crippen molar-refractivity contribution < 1.29 is 33.1 Å². The Labute approximate surface area is 295 Å². The van der Waals surface area contributed by atoms with Gasteiger partial charge in [-0.1, -0.05) is 42.4 Å². The number of benzene rings is 2. The number of carbonyl (C=O) groups excluding carboxylic acids is 3. The van der Waals surface area contributed by atoms with Crippen molar-refractivity contribution in [1.82, 2.24) is 4.90 Å². The summed E-state index contributed by atoms with van der Waals surface area (Å²) in [6, 6.07) is 12.6. The Balaban J connectivity index is 1.43. The topological polar surface area (TPSA) is 99.6 Å². The monoisotopic (exact) mass is 703 g/mol. The number of nitrogens with zero attached hydrogens (tertiary/aromatic N) is 3. The largest absolute Gasteiger partial charge is 0.482 e. The van der Waals surface area contributed by atoms with E-state index in [0.29, 0.717) is 41.5 Å². The first kappa shape index (κ1) is 36.0. The molecule has 0 unspecified atom stereocenters. The third-order valence-corrected chi connectivity index (χ3v) is 13.4. The van der Waals surface area contributed by atoms with Gasteiger partial charge >= 0.3 is 0 Å². The Morgan fingerprint density at radius 2 is 1.86 bits per heavy atom. The predicted octanol–water partition coefficient (Wildman–Crippen LogP) is 6.93. The van der Waals surface area contributed by atoms with Crippen LogP contribution in [0, 0.1) is 5.92 Å². The molecular weight excluding hydrogens is 654 g/mol. The van der Waals surface area contributed by atoms with Crippen molar-refractivity contribution in [3.8, 4) is 5.75 Å². The lowest BCUT2D eigenvalue weighted by molar-refractivity contribution is -0.149. The van der Waals surface area contributed by atoms with Crippen LogP contribution in [0.4, 0.5) is 21.2 Å². The Morgan fingerprint density at radius 3 is 2.58 bits per heavy atom. The molecule has 2 saturated heterocycles. The minimum atomic E-state index is -3.53. The summed E-state index contributed by atoms with van der Waals surface area (Å²) in [6.45, 7) is 11.9. The molecular formula is C39H50FN3O6Si. The molecule has 2 aromatic rings. The lowest BCUT2D eigenvalue weighted by atomic mass is 9.82. The molecule has 1 spiro atoms. The number of fused-ring (bicyclic) bond motifs is 3. The maximum atomic E-state index is 16.5. The first-order chi connectivity index (χ1) is 23.8. The van der Waals surface area contributed by atoms with Crippen LogP contribution in [0.5, 0.6) is 5.75 Å². The molecule has 9 nitrogen and oxygen atoms in total. The Bertz CT molecular complexity index is 1720. The van der Waals surface area contributed by atoms with Gasteiger partial charge in [-0.3, -0.25) is 19.3 Å². The zero-order valence-electron chi connectivity index (χ0n) is 30.1. The summed E-state index contributed by atoms with van der Waals surface area (Å²) in [5.41, 5.74) is 2.56. The fraction of sp³-hybridized carbons (Fsp3) is 0.513. The van der Waals surface area contributed by atoms with Crippen molar-refractivity contribution >= 4 is 43.2 Å². The van der Waals surface area contributed by atoms with Crippen LogP contribution < -0.4 is 14.5 Å². The summed E-state index contributed by atoms with van der Waals surface area (Å²) in [4.78, 5) is 47.1. The fourth-order valence-electron chi connectivity index (χ4n) is 8.52. The molecule has 268 valence electrons. The summed E-state index contributed by atoms with van der Waals surface area (Å²) < 4.78 is 29.1. The second-order valence-electron chi connectivity index (χ2n) is 15.0. The highest BCUT2D eigenvalue weighted by atomic mass is 28.4. The van der Waals surface area contributed by atoms with Gasteiger partial charge in [0.1, 0.15) is 5.75 Å². The minimum Gasteiger partial charge on any atom is -0.482 e. The molecule has 1 N–H and O–H groups in total. The van der Waals surface area contributed by atoms with Crippen LogP contribution in [0.3, 0.4) is 0 Å². The van der Waals surface area contributed by atoms with Gasteiger partial charge in [-0.25, -0.2) is 0 Å². The number of rotatable bonds is 10. The number of allylic oxidation sites excluding steroid dienone is 3. The number of aliphatic hydroxyl groups excluding tert-OH is 1. The highest BCUT2D eigenvalue weighted by Gasteiger charge is 2.67. The van der Waals surface area contributed by atoms with Crippen molar-refractivity contribution in [2.45, 2.75) is 96.2 Å². The van der Waals surface area contributed by atoms with Crippen molar-refractivity contribution in [1.29, 1.82) is 0 Å². The first-order valence-electron chi connectivity index (χ1n) is 17.8.